The highest BCUT2D eigenvalue weighted by atomic mass is 16.3. The van der Waals surface area contributed by atoms with Crippen LogP contribution in [-0.4, -0.2) is 11.2 Å². The fraction of sp³-hybridized carbons (Fsp3) is 1.00. The molecule has 0 aromatic carbocycles. The predicted octanol–water partition coefficient (Wildman–Crippen LogP) is 8.10. The van der Waals surface area contributed by atoms with Crippen LogP contribution < -0.4 is 0 Å². The Hall–Kier alpha value is -0.0400. The molecule has 1 heteroatoms. The van der Waals surface area contributed by atoms with Gasteiger partial charge in [-0.25, -0.2) is 0 Å². The summed E-state index contributed by atoms with van der Waals surface area (Å²) >= 11 is 0. The van der Waals surface area contributed by atoms with Crippen LogP contribution in [0.4, 0.5) is 0 Å². The Bertz CT molecular complexity index is 583. The van der Waals surface area contributed by atoms with Crippen molar-refractivity contribution in [1.82, 2.24) is 0 Å². The van der Waals surface area contributed by atoms with Gasteiger partial charge in [-0.15, -0.1) is 0 Å². The fourth-order valence-corrected chi connectivity index (χ4v) is 9.90. The average Bonchev–Trinajstić information content (AvgIpc) is 3.06. The second-order valence-corrected chi connectivity index (χ2v) is 13.3. The van der Waals surface area contributed by atoms with Crippen LogP contribution in [0.2, 0.25) is 0 Å². The van der Waals surface area contributed by atoms with Gasteiger partial charge in [-0.05, 0) is 122 Å². The predicted molar refractivity (Wildman–Crippen MR) is 128 cm³/mol. The number of fused-ring (bicyclic) bond motifs is 5. The molecule has 4 fully saturated rings. The van der Waals surface area contributed by atoms with Crippen LogP contribution in [0, 0.1) is 58.2 Å². The Balaban J connectivity index is 1.45. The van der Waals surface area contributed by atoms with Gasteiger partial charge in [0.15, 0.2) is 0 Å². The summed E-state index contributed by atoms with van der Waals surface area (Å²) in [6.45, 7) is 15.2. The smallest absolute Gasteiger partial charge is 0.0543 e. The average molecular weight is 417 g/mol. The molecular weight excluding hydrogens is 364 g/mol. The van der Waals surface area contributed by atoms with Crippen molar-refractivity contribution < 1.29 is 5.11 Å². The summed E-state index contributed by atoms with van der Waals surface area (Å²) in [7, 11) is 0. The van der Waals surface area contributed by atoms with E-state index in [1.807, 2.05) is 0 Å². The Morgan fingerprint density at radius 1 is 0.833 bits per heavy atom. The molecular formula is C29H52O. The highest BCUT2D eigenvalue weighted by Gasteiger charge is 2.60. The molecule has 4 aliphatic carbocycles. The van der Waals surface area contributed by atoms with E-state index in [4.69, 9.17) is 0 Å². The Kier molecular flexibility index (Phi) is 6.72. The van der Waals surface area contributed by atoms with Crippen LogP contribution in [0.15, 0.2) is 0 Å². The largest absolute Gasteiger partial charge is 0.393 e. The van der Waals surface area contributed by atoms with Crippen molar-refractivity contribution in [1.29, 1.82) is 0 Å². The van der Waals surface area contributed by atoms with Crippen LogP contribution >= 0.6 is 0 Å². The van der Waals surface area contributed by atoms with Gasteiger partial charge in [-0.1, -0.05) is 54.4 Å². The Labute approximate surface area is 188 Å². The van der Waals surface area contributed by atoms with Gasteiger partial charge < -0.3 is 5.11 Å². The van der Waals surface area contributed by atoms with E-state index in [1.165, 1.54) is 64.2 Å². The van der Waals surface area contributed by atoms with E-state index in [2.05, 4.69) is 41.5 Å². The van der Waals surface area contributed by atoms with E-state index in [-0.39, 0.29) is 6.10 Å². The molecule has 4 aliphatic rings. The zero-order valence-electron chi connectivity index (χ0n) is 21.1. The highest BCUT2D eigenvalue weighted by molar-refractivity contribution is 5.09. The molecule has 0 aromatic rings. The maximum absolute atomic E-state index is 10.3. The SMILES string of the molecule is CC[C@H](CC[C@@H](C)[C@@H]1CC[C@H]2[C@H]3CC[C@H]4C[C@@H](O)CC[C@]4(C)[C@@H]3CC[C@@]21C)C(C)C. The highest BCUT2D eigenvalue weighted by Crippen LogP contribution is 2.68. The minimum absolute atomic E-state index is 0.0111. The standard InChI is InChI=1S/C29H52O/c1-7-21(19(2)3)9-8-20(4)25-12-13-26-24-11-10-22-18-23(30)14-16-28(22,5)27(24)15-17-29(25,26)6/h19-27,30H,7-18H2,1-6H3/t20-,21-,22+,23+,24-,25+,26+,27-,28+,29-/m1/s1. The normalized spacial score (nSPS) is 48.0. The third-order valence-electron chi connectivity index (χ3n) is 11.9. The molecule has 10 atom stereocenters. The summed E-state index contributed by atoms with van der Waals surface area (Å²) < 4.78 is 0. The molecule has 1 N–H and O–H groups in total. The van der Waals surface area contributed by atoms with E-state index in [1.54, 1.807) is 0 Å². The lowest BCUT2D eigenvalue weighted by molar-refractivity contribution is -0.129. The fourth-order valence-electron chi connectivity index (χ4n) is 9.90. The van der Waals surface area contributed by atoms with Gasteiger partial charge in [0.05, 0.1) is 6.10 Å². The molecule has 0 aromatic heterocycles. The van der Waals surface area contributed by atoms with Gasteiger partial charge in [0, 0.05) is 0 Å². The molecule has 0 aliphatic heterocycles. The van der Waals surface area contributed by atoms with Gasteiger partial charge in [-0.3, -0.25) is 0 Å². The van der Waals surface area contributed by atoms with E-state index >= 15 is 0 Å². The molecule has 0 bridgehead atoms. The van der Waals surface area contributed by atoms with Crippen molar-refractivity contribution in [2.45, 2.75) is 125 Å². The maximum atomic E-state index is 10.3. The van der Waals surface area contributed by atoms with Crippen LogP contribution in [0.5, 0.6) is 0 Å². The molecule has 0 heterocycles. The number of aliphatic hydroxyl groups excluding tert-OH is 1. The van der Waals surface area contributed by atoms with Crippen LogP contribution in [0.1, 0.15) is 119 Å². The van der Waals surface area contributed by atoms with Crippen LogP contribution in [0.3, 0.4) is 0 Å². The molecule has 4 rings (SSSR count). The molecule has 1 nitrogen and oxygen atoms in total. The number of aliphatic hydroxyl groups is 1. The molecule has 30 heavy (non-hydrogen) atoms. The first-order valence-corrected chi connectivity index (χ1v) is 13.9. The number of hydrogen-bond donors (Lipinski definition) is 1. The van der Waals surface area contributed by atoms with E-state index < -0.39 is 0 Å². The first kappa shape index (κ1) is 23.1. The topological polar surface area (TPSA) is 20.2 Å². The zero-order valence-corrected chi connectivity index (χ0v) is 21.1. The summed E-state index contributed by atoms with van der Waals surface area (Å²) in [4.78, 5) is 0. The summed E-state index contributed by atoms with van der Waals surface area (Å²) in [5.41, 5.74) is 1.14. The van der Waals surface area contributed by atoms with Crippen molar-refractivity contribution >= 4 is 0 Å². The van der Waals surface area contributed by atoms with Crippen LogP contribution in [-0.2, 0) is 0 Å². The Morgan fingerprint density at radius 2 is 1.53 bits per heavy atom. The third kappa shape index (κ3) is 3.82. The van der Waals surface area contributed by atoms with Crippen molar-refractivity contribution in [2.75, 3.05) is 0 Å². The minimum atomic E-state index is -0.0111. The lowest BCUT2D eigenvalue weighted by Crippen LogP contribution is -2.54. The summed E-state index contributed by atoms with van der Waals surface area (Å²) in [6.07, 6.45) is 16.5. The van der Waals surface area contributed by atoms with E-state index in [0.717, 1.165) is 60.2 Å². The summed E-state index contributed by atoms with van der Waals surface area (Å²) in [6, 6.07) is 0. The number of hydrogen-bond acceptors (Lipinski definition) is 1. The van der Waals surface area contributed by atoms with Gasteiger partial charge in [0.2, 0.25) is 0 Å². The van der Waals surface area contributed by atoms with Gasteiger partial charge in [-0.2, -0.15) is 0 Å². The van der Waals surface area contributed by atoms with Crippen molar-refractivity contribution in [2.24, 2.45) is 58.2 Å². The third-order valence-corrected chi connectivity index (χ3v) is 11.9. The number of rotatable bonds is 6. The maximum Gasteiger partial charge on any atom is 0.0543 e. The lowest BCUT2D eigenvalue weighted by Gasteiger charge is -2.61. The molecule has 0 spiro atoms. The molecule has 0 saturated heterocycles. The first-order chi connectivity index (χ1) is 14.2. The monoisotopic (exact) mass is 416 g/mol. The molecule has 0 unspecified atom stereocenters. The van der Waals surface area contributed by atoms with Crippen molar-refractivity contribution in [3.63, 3.8) is 0 Å². The van der Waals surface area contributed by atoms with Gasteiger partial charge in [0.1, 0.15) is 0 Å². The summed E-state index contributed by atoms with van der Waals surface area (Å²) in [5.74, 6) is 7.34. The Morgan fingerprint density at radius 3 is 2.23 bits per heavy atom. The molecule has 0 radical (unpaired) electrons. The van der Waals surface area contributed by atoms with Crippen molar-refractivity contribution in [3.8, 4) is 0 Å². The lowest BCUT2D eigenvalue weighted by atomic mass is 9.44. The summed E-state index contributed by atoms with van der Waals surface area (Å²) in [5, 5.41) is 10.3. The van der Waals surface area contributed by atoms with Gasteiger partial charge in [0.25, 0.3) is 0 Å². The molecule has 174 valence electrons. The zero-order chi connectivity index (χ0) is 21.7. The van der Waals surface area contributed by atoms with E-state index in [9.17, 15) is 5.11 Å². The second kappa shape index (κ2) is 8.72. The molecule has 4 saturated carbocycles. The second-order valence-electron chi connectivity index (χ2n) is 13.3. The van der Waals surface area contributed by atoms with Crippen LogP contribution in [0.25, 0.3) is 0 Å². The van der Waals surface area contributed by atoms with Gasteiger partial charge >= 0.3 is 0 Å². The minimum Gasteiger partial charge on any atom is -0.393 e. The molecule has 0 amide bonds. The van der Waals surface area contributed by atoms with Crippen molar-refractivity contribution in [3.05, 3.63) is 0 Å². The van der Waals surface area contributed by atoms with E-state index in [0.29, 0.717) is 10.8 Å². The quantitative estimate of drug-likeness (QED) is 0.463. The first-order valence-electron chi connectivity index (χ1n) is 13.9.